The molecule has 16 heavy (non-hydrogen) atoms. The lowest BCUT2D eigenvalue weighted by molar-refractivity contribution is 0.0598. The third-order valence-electron chi connectivity index (χ3n) is 2.21. The monoisotopic (exact) mass is 352 g/mol. The third-order valence-corrected chi connectivity index (χ3v) is 3.93. The van der Waals surface area contributed by atoms with Gasteiger partial charge in [0.05, 0.1) is 17.1 Å². The van der Waals surface area contributed by atoms with Crippen LogP contribution in [-0.2, 0) is 4.74 Å². The van der Waals surface area contributed by atoms with E-state index >= 15 is 0 Å². The highest BCUT2D eigenvalue weighted by molar-refractivity contribution is 9.10. The molecule has 88 valence electrons. The van der Waals surface area contributed by atoms with Crippen LogP contribution in [0.25, 0.3) is 0 Å². The molecule has 0 aliphatic heterocycles. The maximum atomic E-state index is 13.9. The Balaban J connectivity index is 3.38. The molecule has 0 aliphatic rings. The van der Waals surface area contributed by atoms with E-state index < -0.39 is 11.8 Å². The zero-order valence-electron chi connectivity index (χ0n) is 8.89. The maximum Gasteiger partial charge on any atom is 0.338 e. The highest BCUT2D eigenvalue weighted by Crippen LogP contribution is 2.34. The number of hydrogen-bond donors (Lipinski definition) is 0. The lowest BCUT2D eigenvalue weighted by atomic mass is 10.0. The predicted octanol–water partition coefficient (Wildman–Crippen LogP) is 4.22. The molecule has 1 aromatic rings. The number of ether oxygens (including phenoxy) is 1. The molecule has 1 atom stereocenters. The smallest absolute Gasteiger partial charge is 0.338 e. The number of carbonyl (C=O) groups excluding carboxylic acids is 1. The fourth-order valence-corrected chi connectivity index (χ4v) is 2.16. The number of alkyl halides is 1. The van der Waals surface area contributed by atoms with Gasteiger partial charge in [0, 0.05) is 10.4 Å². The number of methoxy groups -OCH3 is 1. The van der Waals surface area contributed by atoms with Crippen molar-refractivity contribution < 1.29 is 13.9 Å². The Labute approximate surface area is 110 Å². The molecule has 0 saturated heterocycles. The van der Waals surface area contributed by atoms with Crippen LogP contribution in [0.1, 0.15) is 34.1 Å². The van der Waals surface area contributed by atoms with E-state index in [0.717, 1.165) is 0 Å². The molecule has 0 fully saturated rings. The van der Waals surface area contributed by atoms with E-state index in [0.29, 0.717) is 16.5 Å². The molecule has 0 bridgehead atoms. The van der Waals surface area contributed by atoms with Crippen molar-refractivity contribution in [1.82, 2.24) is 0 Å². The van der Waals surface area contributed by atoms with Crippen LogP contribution in [0, 0.1) is 5.82 Å². The van der Waals surface area contributed by atoms with Crippen molar-refractivity contribution in [2.75, 3.05) is 7.11 Å². The molecule has 2 nitrogen and oxygen atoms in total. The van der Waals surface area contributed by atoms with Crippen LogP contribution < -0.4 is 0 Å². The Morgan fingerprint density at radius 1 is 1.56 bits per heavy atom. The molecule has 0 N–H and O–H groups in total. The zero-order valence-corrected chi connectivity index (χ0v) is 12.1. The van der Waals surface area contributed by atoms with Crippen molar-refractivity contribution in [3.05, 3.63) is 33.5 Å². The van der Waals surface area contributed by atoms with Crippen LogP contribution in [-0.4, -0.2) is 13.1 Å². The molecule has 1 unspecified atom stereocenters. The van der Waals surface area contributed by atoms with E-state index in [1.54, 1.807) is 6.07 Å². The summed E-state index contributed by atoms with van der Waals surface area (Å²) in [5.41, 5.74) is 0.593. The Hall–Kier alpha value is -0.420. The summed E-state index contributed by atoms with van der Waals surface area (Å²) >= 11 is 6.45. The minimum absolute atomic E-state index is 0.209. The summed E-state index contributed by atoms with van der Waals surface area (Å²) in [6.45, 7) is 1.90. The van der Waals surface area contributed by atoms with Crippen molar-refractivity contribution >= 4 is 37.8 Å². The van der Waals surface area contributed by atoms with Gasteiger partial charge in [0.25, 0.3) is 0 Å². The molecule has 0 amide bonds. The fourth-order valence-electron chi connectivity index (χ4n) is 1.36. The van der Waals surface area contributed by atoms with Crippen molar-refractivity contribution in [3.8, 4) is 0 Å². The summed E-state index contributed by atoms with van der Waals surface area (Å²) in [5, 5.41) is 0. The van der Waals surface area contributed by atoms with Gasteiger partial charge in [0.1, 0.15) is 5.82 Å². The molecule has 0 aliphatic carbocycles. The number of hydrogen-bond acceptors (Lipinski definition) is 2. The lowest BCUT2D eigenvalue weighted by Crippen LogP contribution is -2.09. The summed E-state index contributed by atoms with van der Waals surface area (Å²) in [7, 11) is 1.28. The standard InChI is InChI=1S/C11H11Br2FO2/c1-3-7(12)9-6(11(15)16-2)4-5-8(13)10(9)14/h4-5,7H,3H2,1-2H3. The van der Waals surface area contributed by atoms with Crippen molar-refractivity contribution in [3.63, 3.8) is 0 Å². The molecule has 0 heterocycles. The quantitative estimate of drug-likeness (QED) is 0.600. The first kappa shape index (κ1) is 13.6. The summed E-state index contributed by atoms with van der Waals surface area (Å²) < 4.78 is 18.9. The molecule has 1 rings (SSSR count). The van der Waals surface area contributed by atoms with Crippen LogP contribution in [0.5, 0.6) is 0 Å². The number of esters is 1. The van der Waals surface area contributed by atoms with Gasteiger partial charge in [0.2, 0.25) is 0 Å². The number of carbonyl (C=O) groups is 1. The van der Waals surface area contributed by atoms with E-state index in [1.807, 2.05) is 6.92 Å². The topological polar surface area (TPSA) is 26.3 Å². The Morgan fingerprint density at radius 3 is 2.69 bits per heavy atom. The van der Waals surface area contributed by atoms with E-state index in [2.05, 4.69) is 36.6 Å². The first-order valence-electron chi connectivity index (χ1n) is 4.73. The molecular weight excluding hydrogens is 343 g/mol. The summed E-state index contributed by atoms with van der Waals surface area (Å²) in [6, 6.07) is 3.05. The van der Waals surface area contributed by atoms with Gasteiger partial charge in [-0.1, -0.05) is 22.9 Å². The molecule has 1 aromatic carbocycles. The van der Waals surface area contributed by atoms with Gasteiger partial charge in [-0.15, -0.1) is 0 Å². The SMILES string of the molecule is CCC(Br)c1c(C(=O)OC)ccc(Br)c1F. The van der Waals surface area contributed by atoms with Gasteiger partial charge in [0.15, 0.2) is 0 Å². The first-order valence-corrected chi connectivity index (χ1v) is 6.44. The van der Waals surface area contributed by atoms with Crippen LogP contribution in [0.2, 0.25) is 0 Å². The van der Waals surface area contributed by atoms with Gasteiger partial charge in [-0.05, 0) is 34.5 Å². The highest BCUT2D eigenvalue weighted by atomic mass is 79.9. The largest absolute Gasteiger partial charge is 0.465 e. The van der Waals surface area contributed by atoms with Crippen LogP contribution in [0.3, 0.4) is 0 Å². The van der Waals surface area contributed by atoms with Crippen molar-refractivity contribution in [2.24, 2.45) is 0 Å². The van der Waals surface area contributed by atoms with E-state index in [1.165, 1.54) is 13.2 Å². The van der Waals surface area contributed by atoms with Crippen LogP contribution >= 0.6 is 31.9 Å². The molecular formula is C11H11Br2FO2. The number of benzene rings is 1. The first-order chi connectivity index (χ1) is 7.52. The second-order valence-electron chi connectivity index (χ2n) is 3.19. The minimum Gasteiger partial charge on any atom is -0.465 e. The van der Waals surface area contributed by atoms with Gasteiger partial charge in [-0.3, -0.25) is 0 Å². The summed E-state index contributed by atoms with van der Waals surface area (Å²) in [4.78, 5) is 11.3. The second-order valence-corrected chi connectivity index (χ2v) is 5.15. The molecule has 0 saturated carbocycles. The Kier molecular flexibility index (Phi) is 4.92. The van der Waals surface area contributed by atoms with Gasteiger partial charge >= 0.3 is 5.97 Å². The van der Waals surface area contributed by atoms with E-state index in [4.69, 9.17) is 0 Å². The Bertz CT molecular complexity index is 407. The minimum atomic E-state index is -0.528. The van der Waals surface area contributed by atoms with Crippen LogP contribution in [0.4, 0.5) is 4.39 Å². The van der Waals surface area contributed by atoms with Gasteiger partial charge in [-0.2, -0.15) is 0 Å². The van der Waals surface area contributed by atoms with E-state index in [-0.39, 0.29) is 10.4 Å². The van der Waals surface area contributed by atoms with Crippen molar-refractivity contribution in [2.45, 2.75) is 18.2 Å². The second kappa shape index (κ2) is 5.77. The average Bonchev–Trinajstić information content (AvgIpc) is 2.30. The number of rotatable bonds is 3. The molecule has 5 heteroatoms. The lowest BCUT2D eigenvalue weighted by Gasteiger charge is -2.14. The summed E-state index contributed by atoms with van der Waals surface area (Å²) in [5.74, 6) is -0.953. The predicted molar refractivity (Wildman–Crippen MR) is 67.4 cm³/mol. The third kappa shape index (κ3) is 2.63. The zero-order chi connectivity index (χ0) is 12.3. The number of halogens is 3. The van der Waals surface area contributed by atoms with Gasteiger partial charge in [-0.25, -0.2) is 9.18 Å². The van der Waals surface area contributed by atoms with Crippen LogP contribution in [0.15, 0.2) is 16.6 Å². The summed E-state index contributed by atoms with van der Waals surface area (Å²) in [6.07, 6.45) is 0.678. The Morgan fingerprint density at radius 2 is 2.19 bits per heavy atom. The highest BCUT2D eigenvalue weighted by Gasteiger charge is 2.22. The van der Waals surface area contributed by atoms with Gasteiger partial charge < -0.3 is 4.74 Å². The maximum absolute atomic E-state index is 13.9. The molecule has 0 spiro atoms. The molecule has 0 radical (unpaired) electrons. The normalized spacial score (nSPS) is 12.3. The van der Waals surface area contributed by atoms with E-state index in [9.17, 15) is 9.18 Å². The fraction of sp³-hybridized carbons (Fsp3) is 0.364. The molecule has 0 aromatic heterocycles. The van der Waals surface area contributed by atoms with Crippen molar-refractivity contribution in [1.29, 1.82) is 0 Å². The average molecular weight is 354 g/mol.